The SMILES string of the molecule is COc1cccc(-c2[nH]ncc2C(=O)NCCN2CCC[C@H](C(N)=O)C2)c1. The van der Waals surface area contributed by atoms with Crippen LogP contribution in [-0.4, -0.2) is 60.2 Å². The number of rotatable bonds is 7. The molecule has 0 radical (unpaired) electrons. The maximum Gasteiger partial charge on any atom is 0.255 e. The third-order valence-corrected chi connectivity index (χ3v) is 4.86. The number of aromatic amines is 1. The number of carbonyl (C=O) groups is 2. The molecule has 2 amide bonds. The lowest BCUT2D eigenvalue weighted by Gasteiger charge is -2.31. The Bertz CT molecular complexity index is 804. The summed E-state index contributed by atoms with van der Waals surface area (Å²) in [6.45, 7) is 2.75. The van der Waals surface area contributed by atoms with E-state index in [9.17, 15) is 9.59 Å². The number of benzene rings is 1. The first kappa shape index (κ1) is 18.9. The molecule has 1 atom stereocenters. The first-order valence-corrected chi connectivity index (χ1v) is 9.06. The molecule has 1 aliphatic heterocycles. The van der Waals surface area contributed by atoms with E-state index in [1.54, 1.807) is 7.11 Å². The number of nitrogens with zero attached hydrogens (tertiary/aromatic N) is 2. The average Bonchev–Trinajstić information content (AvgIpc) is 3.18. The molecule has 8 heteroatoms. The number of amides is 2. The number of hydrogen-bond acceptors (Lipinski definition) is 5. The molecule has 1 fully saturated rings. The number of nitrogens with one attached hydrogen (secondary N) is 2. The van der Waals surface area contributed by atoms with Gasteiger partial charge in [-0.25, -0.2) is 0 Å². The van der Waals surface area contributed by atoms with Crippen molar-refractivity contribution in [3.8, 4) is 17.0 Å². The molecule has 4 N–H and O–H groups in total. The van der Waals surface area contributed by atoms with E-state index >= 15 is 0 Å². The second-order valence-electron chi connectivity index (χ2n) is 6.69. The fourth-order valence-electron chi connectivity index (χ4n) is 3.37. The summed E-state index contributed by atoms with van der Waals surface area (Å²) < 4.78 is 5.24. The first-order chi connectivity index (χ1) is 13.1. The van der Waals surface area contributed by atoms with Crippen LogP contribution in [0.4, 0.5) is 0 Å². The molecule has 144 valence electrons. The summed E-state index contributed by atoms with van der Waals surface area (Å²) >= 11 is 0. The van der Waals surface area contributed by atoms with Crippen LogP contribution in [0.1, 0.15) is 23.2 Å². The number of likely N-dealkylation sites (tertiary alicyclic amines) is 1. The summed E-state index contributed by atoms with van der Waals surface area (Å²) in [6.07, 6.45) is 3.31. The Morgan fingerprint density at radius 1 is 1.44 bits per heavy atom. The predicted octanol–water partition coefficient (Wildman–Crippen LogP) is 1.01. The molecular weight excluding hydrogens is 346 g/mol. The summed E-state index contributed by atoms with van der Waals surface area (Å²) in [5, 5.41) is 9.83. The lowest BCUT2D eigenvalue weighted by molar-refractivity contribution is -0.123. The van der Waals surface area contributed by atoms with Gasteiger partial charge in [0.25, 0.3) is 5.91 Å². The largest absolute Gasteiger partial charge is 0.497 e. The number of aromatic nitrogens is 2. The maximum atomic E-state index is 12.6. The second-order valence-corrected chi connectivity index (χ2v) is 6.69. The topological polar surface area (TPSA) is 113 Å². The van der Waals surface area contributed by atoms with Gasteiger partial charge in [-0.15, -0.1) is 0 Å². The predicted molar refractivity (Wildman–Crippen MR) is 101 cm³/mol. The van der Waals surface area contributed by atoms with Crippen LogP contribution < -0.4 is 15.8 Å². The summed E-state index contributed by atoms with van der Waals surface area (Å²) in [4.78, 5) is 26.1. The molecule has 2 aromatic rings. The molecule has 0 bridgehead atoms. The monoisotopic (exact) mass is 371 g/mol. The van der Waals surface area contributed by atoms with Crippen molar-refractivity contribution in [1.82, 2.24) is 20.4 Å². The Morgan fingerprint density at radius 3 is 3.07 bits per heavy atom. The van der Waals surface area contributed by atoms with E-state index in [4.69, 9.17) is 10.5 Å². The van der Waals surface area contributed by atoms with Crippen LogP contribution in [0, 0.1) is 5.92 Å². The minimum atomic E-state index is -0.245. The summed E-state index contributed by atoms with van der Waals surface area (Å²) in [6, 6.07) is 7.45. The summed E-state index contributed by atoms with van der Waals surface area (Å²) in [5.74, 6) is 0.181. The molecule has 1 aromatic carbocycles. The molecule has 0 aliphatic carbocycles. The lowest BCUT2D eigenvalue weighted by atomic mass is 9.97. The zero-order valence-electron chi connectivity index (χ0n) is 15.4. The fraction of sp³-hybridized carbons (Fsp3) is 0.421. The highest BCUT2D eigenvalue weighted by Gasteiger charge is 2.23. The highest BCUT2D eigenvalue weighted by atomic mass is 16.5. The molecule has 1 aromatic heterocycles. The van der Waals surface area contributed by atoms with Gasteiger partial charge in [0.15, 0.2) is 0 Å². The molecule has 3 rings (SSSR count). The molecule has 0 saturated carbocycles. The number of nitrogens with two attached hydrogens (primary N) is 1. The van der Waals surface area contributed by atoms with E-state index in [0.717, 1.165) is 24.9 Å². The van der Waals surface area contributed by atoms with E-state index in [1.807, 2.05) is 24.3 Å². The Morgan fingerprint density at radius 2 is 2.30 bits per heavy atom. The molecule has 0 spiro atoms. The van der Waals surface area contributed by atoms with Crippen molar-refractivity contribution in [2.75, 3.05) is 33.3 Å². The average molecular weight is 371 g/mol. The van der Waals surface area contributed by atoms with Crippen molar-refractivity contribution >= 4 is 11.8 Å². The minimum Gasteiger partial charge on any atom is -0.497 e. The van der Waals surface area contributed by atoms with Crippen LogP contribution in [0.25, 0.3) is 11.3 Å². The first-order valence-electron chi connectivity index (χ1n) is 9.06. The van der Waals surface area contributed by atoms with Crippen molar-refractivity contribution in [3.63, 3.8) is 0 Å². The number of hydrogen-bond donors (Lipinski definition) is 3. The van der Waals surface area contributed by atoms with Crippen LogP contribution in [0.3, 0.4) is 0 Å². The third-order valence-electron chi connectivity index (χ3n) is 4.86. The number of piperidine rings is 1. The van der Waals surface area contributed by atoms with Crippen molar-refractivity contribution in [1.29, 1.82) is 0 Å². The molecule has 27 heavy (non-hydrogen) atoms. The Balaban J connectivity index is 1.58. The number of carbonyl (C=O) groups excluding carboxylic acids is 2. The van der Waals surface area contributed by atoms with Gasteiger partial charge in [0.05, 0.1) is 30.5 Å². The van der Waals surface area contributed by atoms with Crippen molar-refractivity contribution in [3.05, 3.63) is 36.0 Å². The van der Waals surface area contributed by atoms with Crippen LogP contribution in [0.15, 0.2) is 30.5 Å². The second kappa shape index (κ2) is 8.68. The molecule has 1 aliphatic rings. The summed E-state index contributed by atoms with van der Waals surface area (Å²) in [5.41, 5.74) is 7.37. The van der Waals surface area contributed by atoms with Crippen molar-refractivity contribution < 1.29 is 14.3 Å². The highest BCUT2D eigenvalue weighted by molar-refractivity contribution is 5.99. The quantitative estimate of drug-likeness (QED) is 0.672. The molecule has 1 saturated heterocycles. The van der Waals surface area contributed by atoms with Gasteiger partial charge in [0.1, 0.15) is 5.75 Å². The van der Waals surface area contributed by atoms with E-state index in [2.05, 4.69) is 20.4 Å². The van der Waals surface area contributed by atoms with Gasteiger partial charge in [-0.1, -0.05) is 12.1 Å². The van der Waals surface area contributed by atoms with Crippen molar-refractivity contribution in [2.45, 2.75) is 12.8 Å². The normalized spacial score (nSPS) is 17.4. The summed E-state index contributed by atoms with van der Waals surface area (Å²) in [7, 11) is 1.60. The zero-order chi connectivity index (χ0) is 19.2. The van der Waals surface area contributed by atoms with E-state index in [0.29, 0.717) is 36.6 Å². The van der Waals surface area contributed by atoms with Crippen LogP contribution in [0.5, 0.6) is 5.75 Å². The molecule has 0 unspecified atom stereocenters. The lowest BCUT2D eigenvalue weighted by Crippen LogP contribution is -2.44. The van der Waals surface area contributed by atoms with Gasteiger partial charge in [-0.05, 0) is 31.5 Å². The Hall–Kier alpha value is -2.87. The number of methoxy groups -OCH3 is 1. The van der Waals surface area contributed by atoms with Gasteiger partial charge in [0.2, 0.25) is 5.91 Å². The van der Waals surface area contributed by atoms with Crippen LogP contribution in [0.2, 0.25) is 0 Å². The third kappa shape index (κ3) is 4.65. The smallest absolute Gasteiger partial charge is 0.255 e. The zero-order valence-corrected chi connectivity index (χ0v) is 15.4. The number of H-pyrrole nitrogens is 1. The van der Waals surface area contributed by atoms with Gasteiger partial charge in [-0.2, -0.15) is 5.10 Å². The van der Waals surface area contributed by atoms with Gasteiger partial charge < -0.3 is 20.7 Å². The minimum absolute atomic E-state index is 0.0945. The highest BCUT2D eigenvalue weighted by Crippen LogP contribution is 2.25. The van der Waals surface area contributed by atoms with E-state index < -0.39 is 0 Å². The van der Waals surface area contributed by atoms with Crippen molar-refractivity contribution in [2.24, 2.45) is 11.7 Å². The van der Waals surface area contributed by atoms with E-state index in [-0.39, 0.29) is 17.7 Å². The Labute approximate surface area is 158 Å². The van der Waals surface area contributed by atoms with E-state index in [1.165, 1.54) is 6.20 Å². The number of ether oxygens (including phenoxy) is 1. The fourth-order valence-corrected chi connectivity index (χ4v) is 3.37. The molecular formula is C19H25N5O3. The maximum absolute atomic E-state index is 12.6. The molecule has 2 heterocycles. The van der Waals surface area contributed by atoms with Crippen LogP contribution >= 0.6 is 0 Å². The van der Waals surface area contributed by atoms with Crippen LogP contribution in [-0.2, 0) is 4.79 Å². The standard InChI is InChI=1S/C19H25N5O3/c1-27-15-6-2-4-13(10-15)17-16(11-22-23-17)19(26)21-7-9-24-8-3-5-14(12-24)18(20)25/h2,4,6,10-11,14H,3,5,7-9,12H2,1H3,(H2,20,25)(H,21,26)(H,22,23)/t14-/m0/s1. The Kier molecular flexibility index (Phi) is 6.08. The number of primary amides is 1. The molecule has 8 nitrogen and oxygen atoms in total. The van der Waals surface area contributed by atoms with Gasteiger partial charge in [-0.3, -0.25) is 14.7 Å². The van der Waals surface area contributed by atoms with Gasteiger partial charge in [0, 0.05) is 25.2 Å². The van der Waals surface area contributed by atoms with Gasteiger partial charge >= 0.3 is 0 Å².